The van der Waals surface area contributed by atoms with Gasteiger partial charge in [-0.3, -0.25) is 14.5 Å². The van der Waals surface area contributed by atoms with Crippen molar-refractivity contribution in [2.24, 2.45) is 5.92 Å². The number of carbonyl (C=O) groups excluding carboxylic acids is 2. The Hall–Kier alpha value is -1.44. The number of amides is 1. The van der Waals surface area contributed by atoms with E-state index < -0.39 is 0 Å². The van der Waals surface area contributed by atoms with Crippen molar-refractivity contribution in [2.75, 3.05) is 25.0 Å². The molecule has 0 atom stereocenters. The first-order valence-corrected chi connectivity index (χ1v) is 10.0. The fraction of sp³-hybridized carbons (Fsp3) is 0.300. The number of nitrogens with zero attached hydrogens (tertiary/aromatic N) is 1. The summed E-state index contributed by atoms with van der Waals surface area (Å²) >= 11 is 8.09. The van der Waals surface area contributed by atoms with E-state index in [9.17, 15) is 9.59 Å². The Morgan fingerprint density at radius 3 is 2.38 bits per heavy atom. The first kappa shape index (κ1) is 19.3. The number of nitrogens with one attached hydrogen (secondary N) is 1. The number of Topliss-reactive ketones (excluding diaryl/α,β-unsaturated/α-hetero) is 1. The SMILES string of the molecule is O=C(CN1CCC(C(=O)c2ccc(Cl)cc2)CC1)Nc1ccccc1I. The quantitative estimate of drug-likeness (QED) is 0.505. The summed E-state index contributed by atoms with van der Waals surface area (Å²) in [5.74, 6) is 0.173. The van der Waals surface area contributed by atoms with Crippen LogP contribution in [0.1, 0.15) is 23.2 Å². The molecule has 136 valence electrons. The van der Waals surface area contributed by atoms with Crippen molar-refractivity contribution in [1.29, 1.82) is 0 Å². The van der Waals surface area contributed by atoms with Gasteiger partial charge in [0, 0.05) is 20.1 Å². The highest BCUT2D eigenvalue weighted by Gasteiger charge is 2.26. The van der Waals surface area contributed by atoms with E-state index in [1.54, 1.807) is 24.3 Å². The molecule has 0 saturated carbocycles. The molecule has 0 aromatic heterocycles. The Morgan fingerprint density at radius 2 is 1.73 bits per heavy atom. The Bertz CT molecular complexity index is 787. The van der Waals surface area contributed by atoms with Gasteiger partial charge >= 0.3 is 0 Å². The fourth-order valence-corrected chi connectivity index (χ4v) is 3.81. The Kier molecular flexibility index (Phi) is 6.67. The van der Waals surface area contributed by atoms with Gasteiger partial charge in [-0.15, -0.1) is 0 Å². The van der Waals surface area contributed by atoms with E-state index >= 15 is 0 Å². The molecule has 1 aliphatic rings. The molecule has 1 N–H and O–H groups in total. The van der Waals surface area contributed by atoms with Gasteiger partial charge in [0.25, 0.3) is 0 Å². The number of para-hydroxylation sites is 1. The first-order chi connectivity index (χ1) is 12.5. The summed E-state index contributed by atoms with van der Waals surface area (Å²) in [6.07, 6.45) is 1.55. The van der Waals surface area contributed by atoms with Crippen LogP contribution in [-0.4, -0.2) is 36.2 Å². The summed E-state index contributed by atoms with van der Waals surface area (Å²) < 4.78 is 1.02. The molecule has 1 amide bonds. The summed E-state index contributed by atoms with van der Waals surface area (Å²) in [5.41, 5.74) is 1.55. The van der Waals surface area contributed by atoms with Gasteiger partial charge in [0.05, 0.1) is 12.2 Å². The van der Waals surface area contributed by atoms with Crippen molar-refractivity contribution < 1.29 is 9.59 Å². The second-order valence-electron chi connectivity index (χ2n) is 6.45. The minimum Gasteiger partial charge on any atom is -0.324 e. The van der Waals surface area contributed by atoms with Gasteiger partial charge in [-0.25, -0.2) is 0 Å². The molecule has 1 saturated heterocycles. The van der Waals surface area contributed by atoms with Crippen LogP contribution < -0.4 is 5.32 Å². The van der Waals surface area contributed by atoms with Crippen LogP contribution >= 0.6 is 34.2 Å². The lowest BCUT2D eigenvalue weighted by atomic mass is 9.89. The number of hydrogen-bond acceptors (Lipinski definition) is 3. The topological polar surface area (TPSA) is 49.4 Å². The average molecular weight is 483 g/mol. The smallest absolute Gasteiger partial charge is 0.238 e. The van der Waals surface area contributed by atoms with E-state index in [0.717, 1.165) is 35.2 Å². The van der Waals surface area contributed by atoms with Gasteiger partial charge in [0.2, 0.25) is 5.91 Å². The summed E-state index contributed by atoms with van der Waals surface area (Å²) in [6, 6.07) is 14.8. The van der Waals surface area contributed by atoms with Crippen molar-refractivity contribution >= 4 is 51.6 Å². The molecule has 2 aromatic carbocycles. The van der Waals surface area contributed by atoms with Crippen LogP contribution in [0.4, 0.5) is 5.69 Å². The van der Waals surface area contributed by atoms with E-state index in [1.807, 2.05) is 24.3 Å². The first-order valence-electron chi connectivity index (χ1n) is 8.59. The highest BCUT2D eigenvalue weighted by Crippen LogP contribution is 2.23. The van der Waals surface area contributed by atoms with Crippen molar-refractivity contribution in [3.8, 4) is 0 Å². The molecular formula is C20H20ClIN2O2. The van der Waals surface area contributed by atoms with Gasteiger partial charge in [0.15, 0.2) is 5.78 Å². The van der Waals surface area contributed by atoms with Crippen LogP contribution in [-0.2, 0) is 4.79 Å². The third-order valence-corrected chi connectivity index (χ3v) is 5.79. The van der Waals surface area contributed by atoms with E-state index in [4.69, 9.17) is 11.6 Å². The number of carbonyl (C=O) groups is 2. The molecule has 0 radical (unpaired) electrons. The molecule has 6 heteroatoms. The number of piperidine rings is 1. The molecule has 1 fully saturated rings. The third kappa shape index (κ3) is 5.05. The number of ketones is 1. The Morgan fingerprint density at radius 1 is 1.08 bits per heavy atom. The van der Waals surface area contributed by atoms with Gasteiger partial charge in [0.1, 0.15) is 0 Å². The molecule has 0 spiro atoms. The van der Waals surface area contributed by atoms with E-state index in [0.29, 0.717) is 17.1 Å². The highest BCUT2D eigenvalue weighted by atomic mass is 127. The number of halogens is 2. The van der Waals surface area contributed by atoms with Gasteiger partial charge < -0.3 is 5.32 Å². The molecule has 4 nitrogen and oxygen atoms in total. The van der Waals surface area contributed by atoms with Crippen molar-refractivity contribution in [2.45, 2.75) is 12.8 Å². The van der Waals surface area contributed by atoms with E-state index in [-0.39, 0.29) is 17.6 Å². The number of rotatable bonds is 5. The van der Waals surface area contributed by atoms with Gasteiger partial charge in [-0.1, -0.05) is 23.7 Å². The van der Waals surface area contributed by atoms with Crippen molar-refractivity contribution in [1.82, 2.24) is 4.90 Å². The zero-order valence-electron chi connectivity index (χ0n) is 14.3. The number of likely N-dealkylation sites (tertiary alicyclic amines) is 1. The molecule has 0 unspecified atom stereocenters. The molecule has 2 aromatic rings. The molecule has 26 heavy (non-hydrogen) atoms. The lowest BCUT2D eigenvalue weighted by Gasteiger charge is -2.30. The normalized spacial score (nSPS) is 15.6. The predicted molar refractivity (Wildman–Crippen MR) is 113 cm³/mol. The van der Waals surface area contributed by atoms with E-state index in [2.05, 4.69) is 32.8 Å². The maximum Gasteiger partial charge on any atom is 0.238 e. The Balaban J connectivity index is 1.49. The number of hydrogen-bond donors (Lipinski definition) is 1. The molecule has 1 heterocycles. The monoisotopic (exact) mass is 482 g/mol. The predicted octanol–water partition coefficient (Wildman–Crippen LogP) is 4.48. The average Bonchev–Trinajstić information content (AvgIpc) is 2.64. The minimum absolute atomic E-state index is 0.0170. The summed E-state index contributed by atoms with van der Waals surface area (Å²) in [6.45, 7) is 1.86. The number of benzene rings is 2. The number of anilines is 1. The van der Waals surface area contributed by atoms with Crippen LogP contribution in [0.25, 0.3) is 0 Å². The van der Waals surface area contributed by atoms with Crippen LogP contribution in [0.3, 0.4) is 0 Å². The molecule has 1 aliphatic heterocycles. The molecule has 0 aliphatic carbocycles. The van der Waals surface area contributed by atoms with Crippen molar-refractivity contribution in [3.05, 3.63) is 62.7 Å². The molecule has 3 rings (SSSR count). The van der Waals surface area contributed by atoms with Crippen LogP contribution in [0, 0.1) is 9.49 Å². The zero-order valence-corrected chi connectivity index (χ0v) is 17.2. The summed E-state index contributed by atoms with van der Waals surface area (Å²) in [5, 5.41) is 3.59. The maximum atomic E-state index is 12.6. The lowest BCUT2D eigenvalue weighted by molar-refractivity contribution is -0.117. The standard InChI is InChI=1S/C20H20ClIN2O2/c21-16-7-5-14(6-8-16)20(26)15-9-11-24(12-10-15)13-19(25)23-18-4-2-1-3-17(18)22/h1-8,15H,9-13H2,(H,23,25). The summed E-state index contributed by atoms with van der Waals surface area (Å²) in [7, 11) is 0. The molecular weight excluding hydrogens is 463 g/mol. The lowest BCUT2D eigenvalue weighted by Crippen LogP contribution is -2.40. The highest BCUT2D eigenvalue weighted by molar-refractivity contribution is 14.1. The van der Waals surface area contributed by atoms with Gasteiger partial charge in [-0.05, 0) is 84.9 Å². The second-order valence-corrected chi connectivity index (χ2v) is 8.05. The Labute approximate surface area is 172 Å². The van der Waals surface area contributed by atoms with Crippen LogP contribution in [0.5, 0.6) is 0 Å². The van der Waals surface area contributed by atoms with Gasteiger partial charge in [-0.2, -0.15) is 0 Å². The fourth-order valence-electron chi connectivity index (χ4n) is 3.16. The maximum absolute atomic E-state index is 12.6. The third-order valence-electron chi connectivity index (χ3n) is 4.60. The van der Waals surface area contributed by atoms with Crippen molar-refractivity contribution in [3.63, 3.8) is 0 Å². The summed E-state index contributed by atoms with van der Waals surface area (Å²) in [4.78, 5) is 27.0. The molecule has 0 bridgehead atoms. The zero-order chi connectivity index (χ0) is 18.5. The van der Waals surface area contributed by atoms with Crippen LogP contribution in [0.2, 0.25) is 5.02 Å². The minimum atomic E-state index is -0.0170. The van der Waals surface area contributed by atoms with Crippen LogP contribution in [0.15, 0.2) is 48.5 Å². The second kappa shape index (κ2) is 8.97. The largest absolute Gasteiger partial charge is 0.324 e. The van der Waals surface area contributed by atoms with E-state index in [1.165, 1.54) is 0 Å².